The predicted molar refractivity (Wildman–Crippen MR) is 48.4 cm³/mol. The molecular formula is C10H15NO2. The number of aliphatic hydroxyl groups excluding tert-OH is 1. The number of aliphatic hydroxyl groups is 1. The Labute approximate surface area is 77.8 Å². The largest absolute Gasteiger partial charge is 0.445 e. The molecule has 1 heterocycles. The molecule has 0 amide bonds. The van der Waals surface area contributed by atoms with E-state index in [4.69, 9.17) is 9.52 Å². The van der Waals surface area contributed by atoms with Crippen molar-refractivity contribution in [2.75, 3.05) is 0 Å². The van der Waals surface area contributed by atoms with Gasteiger partial charge in [-0.15, -0.1) is 0 Å². The summed E-state index contributed by atoms with van der Waals surface area (Å²) in [7, 11) is 0. The van der Waals surface area contributed by atoms with Crippen LogP contribution in [-0.4, -0.2) is 10.1 Å². The first kappa shape index (κ1) is 8.75. The monoisotopic (exact) mass is 181 g/mol. The summed E-state index contributed by atoms with van der Waals surface area (Å²) in [5.74, 6) is 2.10. The third-order valence-electron chi connectivity index (χ3n) is 2.76. The maximum atomic E-state index is 8.95. The van der Waals surface area contributed by atoms with Crippen LogP contribution in [0.15, 0.2) is 4.42 Å². The molecule has 0 aliphatic heterocycles. The third-order valence-corrected chi connectivity index (χ3v) is 2.76. The highest BCUT2D eigenvalue weighted by Crippen LogP contribution is 2.34. The number of nitrogens with zero attached hydrogens (tertiary/aromatic N) is 1. The second-order valence-corrected chi connectivity index (χ2v) is 3.69. The van der Waals surface area contributed by atoms with Crippen molar-refractivity contribution >= 4 is 0 Å². The van der Waals surface area contributed by atoms with Crippen LogP contribution in [0.1, 0.15) is 48.9 Å². The van der Waals surface area contributed by atoms with Crippen molar-refractivity contribution in [1.29, 1.82) is 0 Å². The predicted octanol–water partition coefficient (Wildman–Crippen LogP) is 2.13. The van der Waals surface area contributed by atoms with Gasteiger partial charge in [0.25, 0.3) is 0 Å². The van der Waals surface area contributed by atoms with Gasteiger partial charge in [0.05, 0.1) is 6.61 Å². The Kier molecular flexibility index (Phi) is 2.36. The summed E-state index contributed by atoms with van der Waals surface area (Å²) < 4.78 is 5.52. The SMILES string of the molecule is Cc1oc(C2CCCC2)nc1CO. The zero-order chi connectivity index (χ0) is 9.26. The molecule has 13 heavy (non-hydrogen) atoms. The van der Waals surface area contributed by atoms with E-state index in [-0.39, 0.29) is 6.61 Å². The van der Waals surface area contributed by atoms with Crippen molar-refractivity contribution in [2.24, 2.45) is 0 Å². The molecule has 0 bridgehead atoms. The minimum atomic E-state index is -0.0119. The van der Waals surface area contributed by atoms with Gasteiger partial charge in [0.15, 0.2) is 5.89 Å². The Hall–Kier alpha value is -0.830. The number of oxazole rings is 1. The molecule has 3 nitrogen and oxygen atoms in total. The van der Waals surface area contributed by atoms with E-state index in [1.807, 2.05) is 6.92 Å². The molecule has 0 aromatic carbocycles. The highest BCUT2D eigenvalue weighted by atomic mass is 16.4. The van der Waals surface area contributed by atoms with E-state index in [1.165, 1.54) is 25.7 Å². The van der Waals surface area contributed by atoms with Crippen LogP contribution in [0.5, 0.6) is 0 Å². The summed E-state index contributed by atoms with van der Waals surface area (Å²) in [6.45, 7) is 1.85. The van der Waals surface area contributed by atoms with Gasteiger partial charge in [-0.2, -0.15) is 0 Å². The van der Waals surface area contributed by atoms with Gasteiger partial charge in [-0.3, -0.25) is 0 Å². The minimum absolute atomic E-state index is 0.0119. The molecule has 1 aliphatic rings. The van der Waals surface area contributed by atoms with Crippen LogP contribution in [-0.2, 0) is 6.61 Å². The molecule has 1 fully saturated rings. The molecule has 0 unspecified atom stereocenters. The topological polar surface area (TPSA) is 46.3 Å². The van der Waals surface area contributed by atoms with Gasteiger partial charge in [-0.25, -0.2) is 4.98 Å². The van der Waals surface area contributed by atoms with Crippen LogP contribution in [0.3, 0.4) is 0 Å². The summed E-state index contributed by atoms with van der Waals surface area (Å²) in [6, 6.07) is 0. The van der Waals surface area contributed by atoms with Gasteiger partial charge in [0.2, 0.25) is 0 Å². The molecule has 0 spiro atoms. The number of aromatic nitrogens is 1. The van der Waals surface area contributed by atoms with Crippen molar-refractivity contribution in [3.05, 3.63) is 17.3 Å². The van der Waals surface area contributed by atoms with E-state index in [0.29, 0.717) is 11.6 Å². The zero-order valence-corrected chi connectivity index (χ0v) is 7.92. The van der Waals surface area contributed by atoms with Crippen molar-refractivity contribution in [2.45, 2.75) is 45.1 Å². The number of aryl methyl sites for hydroxylation is 1. The van der Waals surface area contributed by atoms with Gasteiger partial charge in [0.1, 0.15) is 11.5 Å². The standard InChI is InChI=1S/C10H15NO2/c1-7-9(6-12)11-10(13-7)8-4-2-3-5-8/h8,12H,2-6H2,1H3. The Balaban J connectivity index is 2.20. The zero-order valence-electron chi connectivity index (χ0n) is 7.92. The van der Waals surface area contributed by atoms with Crippen LogP contribution in [0.25, 0.3) is 0 Å². The van der Waals surface area contributed by atoms with Crippen molar-refractivity contribution < 1.29 is 9.52 Å². The molecular weight excluding hydrogens is 166 g/mol. The van der Waals surface area contributed by atoms with Crippen LogP contribution < -0.4 is 0 Å². The fourth-order valence-electron chi connectivity index (χ4n) is 1.94. The van der Waals surface area contributed by atoms with Crippen molar-refractivity contribution in [3.63, 3.8) is 0 Å². The first-order valence-corrected chi connectivity index (χ1v) is 4.88. The van der Waals surface area contributed by atoms with E-state index in [0.717, 1.165) is 11.7 Å². The van der Waals surface area contributed by atoms with Gasteiger partial charge >= 0.3 is 0 Å². The first-order valence-electron chi connectivity index (χ1n) is 4.88. The fraction of sp³-hybridized carbons (Fsp3) is 0.700. The molecule has 1 aliphatic carbocycles. The molecule has 0 atom stereocenters. The lowest BCUT2D eigenvalue weighted by atomic mass is 10.1. The van der Waals surface area contributed by atoms with E-state index < -0.39 is 0 Å². The van der Waals surface area contributed by atoms with Gasteiger partial charge < -0.3 is 9.52 Å². The van der Waals surface area contributed by atoms with E-state index in [1.54, 1.807) is 0 Å². The summed E-state index contributed by atoms with van der Waals surface area (Å²) >= 11 is 0. The Morgan fingerprint density at radius 1 is 1.46 bits per heavy atom. The van der Waals surface area contributed by atoms with Crippen LogP contribution in [0.4, 0.5) is 0 Å². The molecule has 1 aromatic heterocycles. The quantitative estimate of drug-likeness (QED) is 0.760. The van der Waals surface area contributed by atoms with E-state index >= 15 is 0 Å². The minimum Gasteiger partial charge on any atom is -0.445 e. The average Bonchev–Trinajstić information content (AvgIpc) is 2.71. The lowest BCUT2D eigenvalue weighted by molar-refractivity contribution is 0.275. The number of hydrogen-bond donors (Lipinski definition) is 1. The Bertz CT molecular complexity index is 287. The van der Waals surface area contributed by atoms with Crippen LogP contribution in [0.2, 0.25) is 0 Å². The molecule has 2 rings (SSSR count). The molecule has 0 saturated heterocycles. The summed E-state index contributed by atoms with van der Waals surface area (Å²) in [5.41, 5.74) is 0.696. The third kappa shape index (κ3) is 1.61. The summed E-state index contributed by atoms with van der Waals surface area (Å²) in [5, 5.41) is 8.95. The lowest BCUT2D eigenvalue weighted by Gasteiger charge is -2.00. The average molecular weight is 181 g/mol. The Morgan fingerprint density at radius 2 is 2.15 bits per heavy atom. The molecule has 0 radical (unpaired) electrons. The highest BCUT2D eigenvalue weighted by molar-refractivity contribution is 5.09. The fourth-order valence-corrected chi connectivity index (χ4v) is 1.94. The normalized spacial score (nSPS) is 18.3. The molecule has 1 saturated carbocycles. The maximum absolute atomic E-state index is 8.95. The molecule has 1 N–H and O–H groups in total. The van der Waals surface area contributed by atoms with Gasteiger partial charge in [-0.1, -0.05) is 12.8 Å². The van der Waals surface area contributed by atoms with Crippen LogP contribution >= 0.6 is 0 Å². The summed E-state index contributed by atoms with van der Waals surface area (Å²) in [6.07, 6.45) is 4.93. The van der Waals surface area contributed by atoms with E-state index in [9.17, 15) is 0 Å². The number of hydrogen-bond acceptors (Lipinski definition) is 3. The van der Waals surface area contributed by atoms with Crippen molar-refractivity contribution in [1.82, 2.24) is 4.98 Å². The molecule has 3 heteroatoms. The van der Waals surface area contributed by atoms with E-state index in [2.05, 4.69) is 4.98 Å². The van der Waals surface area contributed by atoms with Crippen molar-refractivity contribution in [3.8, 4) is 0 Å². The number of rotatable bonds is 2. The maximum Gasteiger partial charge on any atom is 0.197 e. The first-order chi connectivity index (χ1) is 6.31. The smallest absolute Gasteiger partial charge is 0.197 e. The molecule has 72 valence electrons. The molecule has 1 aromatic rings. The second-order valence-electron chi connectivity index (χ2n) is 3.69. The van der Waals surface area contributed by atoms with Gasteiger partial charge in [-0.05, 0) is 19.8 Å². The lowest BCUT2D eigenvalue weighted by Crippen LogP contribution is -1.93. The second kappa shape index (κ2) is 3.50. The van der Waals surface area contributed by atoms with Crippen LogP contribution in [0, 0.1) is 6.92 Å². The summed E-state index contributed by atoms with van der Waals surface area (Å²) in [4.78, 5) is 4.29. The Morgan fingerprint density at radius 3 is 2.69 bits per heavy atom. The van der Waals surface area contributed by atoms with Gasteiger partial charge in [0, 0.05) is 5.92 Å². The highest BCUT2D eigenvalue weighted by Gasteiger charge is 2.22.